The number of halogens is 1. The quantitative estimate of drug-likeness (QED) is 0.648. The highest BCUT2D eigenvalue weighted by Gasteiger charge is 2.16. The molecular formula is C11H13IN2O3. The predicted molar refractivity (Wildman–Crippen MR) is 74.5 cm³/mol. The van der Waals surface area contributed by atoms with Crippen LogP contribution in [0, 0.1) is 8.48 Å². The summed E-state index contributed by atoms with van der Waals surface area (Å²) in [7, 11) is 0. The molecule has 0 atom stereocenters. The highest BCUT2D eigenvalue weighted by molar-refractivity contribution is 14.1. The average Bonchev–Trinajstić information content (AvgIpc) is 2.18. The molecule has 0 aromatic heterocycles. The van der Waals surface area contributed by atoms with E-state index in [1.54, 1.807) is 32.9 Å². The van der Waals surface area contributed by atoms with Gasteiger partial charge in [-0.3, -0.25) is 5.32 Å². The molecule has 0 fully saturated rings. The largest absolute Gasteiger partial charge is 0.444 e. The normalized spacial score (nSPS) is 10.8. The molecule has 0 aliphatic carbocycles. The third-order valence-corrected chi connectivity index (χ3v) is 2.59. The van der Waals surface area contributed by atoms with Crippen molar-refractivity contribution in [2.24, 2.45) is 5.18 Å². The zero-order valence-electron chi connectivity index (χ0n) is 9.78. The number of carbonyl (C=O) groups excluding carboxylic acids is 1. The van der Waals surface area contributed by atoms with E-state index >= 15 is 0 Å². The van der Waals surface area contributed by atoms with Gasteiger partial charge in [0, 0.05) is 3.57 Å². The molecule has 0 heterocycles. The van der Waals surface area contributed by atoms with Crippen LogP contribution in [-0.2, 0) is 4.74 Å². The Balaban J connectivity index is 2.75. The van der Waals surface area contributed by atoms with Crippen molar-refractivity contribution in [3.05, 3.63) is 26.7 Å². The van der Waals surface area contributed by atoms with Gasteiger partial charge < -0.3 is 4.74 Å². The van der Waals surface area contributed by atoms with Gasteiger partial charge in [-0.25, -0.2) is 4.79 Å². The molecule has 92 valence electrons. The number of nitrogens with zero attached hydrogens (tertiary/aromatic N) is 1. The maximum Gasteiger partial charge on any atom is 0.412 e. The fourth-order valence-electron chi connectivity index (χ4n) is 1.08. The summed E-state index contributed by atoms with van der Waals surface area (Å²) in [5, 5.41) is 5.42. The zero-order valence-corrected chi connectivity index (χ0v) is 11.9. The number of ether oxygens (including phenoxy) is 1. The molecule has 0 saturated carbocycles. The first-order valence-corrected chi connectivity index (χ1v) is 6.02. The summed E-state index contributed by atoms with van der Waals surface area (Å²) < 4.78 is 5.84. The molecule has 17 heavy (non-hydrogen) atoms. The molecule has 0 aliphatic rings. The molecule has 1 rings (SSSR count). The van der Waals surface area contributed by atoms with Gasteiger partial charge in [0.2, 0.25) is 0 Å². The molecule has 5 nitrogen and oxygen atoms in total. The van der Waals surface area contributed by atoms with E-state index in [0.29, 0.717) is 11.4 Å². The van der Waals surface area contributed by atoms with Crippen LogP contribution in [0.2, 0.25) is 0 Å². The van der Waals surface area contributed by atoms with Gasteiger partial charge >= 0.3 is 6.09 Å². The smallest absolute Gasteiger partial charge is 0.412 e. The second-order valence-electron chi connectivity index (χ2n) is 4.38. The molecule has 0 bridgehead atoms. The average molecular weight is 348 g/mol. The second-order valence-corrected chi connectivity index (χ2v) is 5.54. The molecule has 0 radical (unpaired) electrons. The maximum absolute atomic E-state index is 11.5. The van der Waals surface area contributed by atoms with Gasteiger partial charge in [0.15, 0.2) is 0 Å². The van der Waals surface area contributed by atoms with Gasteiger partial charge in [0.25, 0.3) is 0 Å². The number of rotatable bonds is 2. The summed E-state index contributed by atoms with van der Waals surface area (Å²) in [6.07, 6.45) is -0.526. The number of benzene rings is 1. The number of hydrogen-bond acceptors (Lipinski definition) is 4. The molecule has 0 saturated heterocycles. The van der Waals surface area contributed by atoms with Crippen LogP contribution in [0.15, 0.2) is 23.4 Å². The first kappa shape index (κ1) is 13.9. The Hall–Kier alpha value is -1.18. The van der Waals surface area contributed by atoms with E-state index in [2.05, 4.69) is 10.5 Å². The van der Waals surface area contributed by atoms with Crippen LogP contribution in [-0.4, -0.2) is 11.7 Å². The van der Waals surface area contributed by atoms with Gasteiger partial charge in [-0.15, -0.1) is 4.91 Å². The van der Waals surface area contributed by atoms with Crippen LogP contribution in [0.4, 0.5) is 16.2 Å². The highest BCUT2D eigenvalue weighted by atomic mass is 127. The third kappa shape index (κ3) is 4.68. The molecule has 1 aromatic rings. The summed E-state index contributed by atoms with van der Waals surface area (Å²) in [5.41, 5.74) is 0.371. The van der Waals surface area contributed by atoms with Crippen LogP contribution in [0.1, 0.15) is 20.8 Å². The number of nitroso groups, excluding NO2 is 1. The lowest BCUT2D eigenvalue weighted by Crippen LogP contribution is -2.27. The van der Waals surface area contributed by atoms with E-state index in [0.717, 1.165) is 3.57 Å². The molecule has 1 N–H and O–H groups in total. The molecule has 1 aromatic carbocycles. The van der Waals surface area contributed by atoms with E-state index < -0.39 is 11.7 Å². The second kappa shape index (κ2) is 5.44. The van der Waals surface area contributed by atoms with Crippen molar-refractivity contribution in [2.75, 3.05) is 5.32 Å². The van der Waals surface area contributed by atoms with E-state index in [4.69, 9.17) is 4.74 Å². The fraction of sp³-hybridized carbons (Fsp3) is 0.364. The van der Waals surface area contributed by atoms with E-state index in [1.165, 1.54) is 6.07 Å². The summed E-state index contributed by atoms with van der Waals surface area (Å²) in [6, 6.07) is 4.73. The van der Waals surface area contributed by atoms with Gasteiger partial charge in [-0.2, -0.15) is 0 Å². The van der Waals surface area contributed by atoms with E-state index in [-0.39, 0.29) is 0 Å². The third-order valence-electron chi connectivity index (χ3n) is 1.69. The van der Waals surface area contributed by atoms with Crippen LogP contribution < -0.4 is 5.32 Å². The Morgan fingerprint density at radius 2 is 2.06 bits per heavy atom. The van der Waals surface area contributed by atoms with Crippen LogP contribution in [0.5, 0.6) is 0 Å². The minimum Gasteiger partial charge on any atom is -0.444 e. The monoisotopic (exact) mass is 348 g/mol. The molecule has 0 spiro atoms. The standard InChI is InChI=1S/C11H13IN2O3/c1-11(2,3)17-10(15)13-9-5-4-7(14-16)6-8(9)12/h4-6H,1-3H3,(H,13,15). The summed E-state index contributed by atoms with van der Waals surface area (Å²) in [5.74, 6) is 0. The number of nitrogens with one attached hydrogen (secondary N) is 1. The van der Waals surface area contributed by atoms with Crippen LogP contribution >= 0.6 is 22.6 Å². The molecular weight excluding hydrogens is 335 g/mol. The predicted octanol–water partition coefficient (Wildman–Crippen LogP) is 4.04. The summed E-state index contributed by atoms with van der Waals surface area (Å²) in [6.45, 7) is 5.37. The maximum atomic E-state index is 11.5. The number of carbonyl (C=O) groups is 1. The minimum absolute atomic E-state index is 0.323. The Bertz CT molecular complexity index is 441. The van der Waals surface area contributed by atoms with Crippen molar-refractivity contribution < 1.29 is 9.53 Å². The molecule has 0 unspecified atom stereocenters. The van der Waals surface area contributed by atoms with Crippen LogP contribution in [0.25, 0.3) is 0 Å². The minimum atomic E-state index is -0.542. The zero-order chi connectivity index (χ0) is 13.1. The number of amides is 1. The van der Waals surface area contributed by atoms with Gasteiger partial charge in [0.05, 0.1) is 5.69 Å². The Morgan fingerprint density at radius 1 is 1.41 bits per heavy atom. The molecule has 0 aliphatic heterocycles. The lowest BCUT2D eigenvalue weighted by atomic mass is 10.2. The fourth-order valence-corrected chi connectivity index (χ4v) is 1.71. The first-order valence-electron chi connectivity index (χ1n) is 4.95. The highest BCUT2D eigenvalue weighted by Crippen LogP contribution is 2.24. The van der Waals surface area contributed by atoms with Crippen molar-refractivity contribution in [1.29, 1.82) is 0 Å². The lowest BCUT2D eigenvalue weighted by Gasteiger charge is -2.20. The van der Waals surface area contributed by atoms with Crippen molar-refractivity contribution in [3.8, 4) is 0 Å². The van der Waals surface area contributed by atoms with E-state index in [9.17, 15) is 9.70 Å². The van der Waals surface area contributed by atoms with E-state index in [1.807, 2.05) is 22.6 Å². The van der Waals surface area contributed by atoms with Crippen molar-refractivity contribution >= 4 is 40.1 Å². The van der Waals surface area contributed by atoms with Crippen molar-refractivity contribution in [2.45, 2.75) is 26.4 Å². The summed E-state index contributed by atoms with van der Waals surface area (Å²) in [4.78, 5) is 21.8. The topological polar surface area (TPSA) is 67.8 Å². The lowest BCUT2D eigenvalue weighted by molar-refractivity contribution is 0.0636. The van der Waals surface area contributed by atoms with Gasteiger partial charge in [-0.05, 0) is 66.7 Å². The SMILES string of the molecule is CC(C)(C)OC(=O)Nc1ccc(N=O)cc1I. The number of anilines is 1. The van der Waals surface area contributed by atoms with Gasteiger partial charge in [-0.1, -0.05) is 0 Å². The Morgan fingerprint density at radius 3 is 2.53 bits per heavy atom. The van der Waals surface area contributed by atoms with Gasteiger partial charge in [0.1, 0.15) is 11.3 Å². The van der Waals surface area contributed by atoms with Crippen molar-refractivity contribution in [3.63, 3.8) is 0 Å². The number of hydrogen-bond donors (Lipinski definition) is 1. The first-order chi connectivity index (χ1) is 7.81. The van der Waals surface area contributed by atoms with Crippen LogP contribution in [0.3, 0.4) is 0 Å². The van der Waals surface area contributed by atoms with Crippen molar-refractivity contribution in [1.82, 2.24) is 0 Å². The molecule has 6 heteroatoms. The Kier molecular flexibility index (Phi) is 4.44. The summed E-state index contributed by atoms with van der Waals surface area (Å²) >= 11 is 2.01. The Labute approximate surface area is 113 Å². The molecule has 1 amide bonds.